The van der Waals surface area contributed by atoms with Crippen LogP contribution in [-0.4, -0.2) is 57.3 Å². The van der Waals surface area contributed by atoms with E-state index in [0.717, 1.165) is 38.5 Å². The van der Waals surface area contributed by atoms with Crippen molar-refractivity contribution in [3.63, 3.8) is 0 Å². The van der Waals surface area contributed by atoms with Gasteiger partial charge in [-0.05, 0) is 51.4 Å². The Balaban J connectivity index is 3.58. The van der Waals surface area contributed by atoms with E-state index in [1.807, 2.05) is 0 Å². The van der Waals surface area contributed by atoms with E-state index in [2.05, 4.69) is 43.5 Å². The van der Waals surface area contributed by atoms with Crippen LogP contribution in [0.2, 0.25) is 0 Å². The third-order valence-corrected chi connectivity index (χ3v) is 16.4. The molecule has 0 aromatic carbocycles. The van der Waals surface area contributed by atoms with E-state index >= 15 is 0 Å². The van der Waals surface area contributed by atoms with Crippen molar-refractivity contribution < 1.29 is 25.2 Å². The Hall–Kier alpha value is -1.21. The van der Waals surface area contributed by atoms with E-state index in [0.29, 0.717) is 19.3 Å². The fourth-order valence-corrected chi connectivity index (χ4v) is 11.1. The molecule has 0 saturated heterocycles. The summed E-state index contributed by atoms with van der Waals surface area (Å²) in [5.74, 6) is -0.589. The molecule has 0 heterocycles. The average molecular weight is 1060 g/mol. The van der Waals surface area contributed by atoms with Gasteiger partial charge in [-0.3, -0.25) is 4.79 Å². The second-order valence-electron chi connectivity index (χ2n) is 23.9. The molecule has 6 nitrogen and oxygen atoms in total. The predicted octanol–water partition coefficient (Wildman–Crippen LogP) is 20.9. The van der Waals surface area contributed by atoms with E-state index in [4.69, 9.17) is 0 Å². The van der Waals surface area contributed by atoms with Crippen LogP contribution in [0.25, 0.3) is 0 Å². The predicted molar refractivity (Wildman–Crippen MR) is 330 cm³/mol. The molecule has 0 aliphatic heterocycles. The maximum atomic E-state index is 12.6. The molecule has 75 heavy (non-hydrogen) atoms. The largest absolute Gasteiger partial charge is 0.394 e. The molecule has 6 heteroatoms. The van der Waals surface area contributed by atoms with Crippen LogP contribution in [-0.2, 0) is 4.79 Å². The first-order chi connectivity index (χ1) is 37.0. The van der Waals surface area contributed by atoms with Gasteiger partial charge in [0.2, 0.25) is 5.91 Å². The van der Waals surface area contributed by atoms with Crippen LogP contribution in [0.4, 0.5) is 0 Å². The highest BCUT2D eigenvalue weighted by Crippen LogP contribution is 2.19. The van der Waals surface area contributed by atoms with E-state index < -0.39 is 36.9 Å². The molecular formula is C69H135NO5. The van der Waals surface area contributed by atoms with E-state index in [9.17, 15) is 25.2 Å². The Morgan fingerprint density at radius 2 is 0.560 bits per heavy atom. The first-order valence-corrected chi connectivity index (χ1v) is 34.2. The van der Waals surface area contributed by atoms with E-state index in [1.165, 1.54) is 308 Å². The number of unbranched alkanes of at least 4 members (excludes halogenated alkanes) is 51. The average Bonchev–Trinajstić information content (AvgIpc) is 3.42. The Bertz CT molecular complexity index is 1140. The van der Waals surface area contributed by atoms with Crippen LogP contribution < -0.4 is 5.32 Å². The summed E-state index contributed by atoms with van der Waals surface area (Å²) in [5, 5.41) is 44.2. The van der Waals surface area contributed by atoms with Crippen LogP contribution in [0.15, 0.2) is 24.3 Å². The number of carbonyl (C=O) groups excluding carboxylic acids is 1. The maximum absolute atomic E-state index is 12.6. The van der Waals surface area contributed by atoms with Gasteiger partial charge in [-0.2, -0.15) is 0 Å². The second-order valence-corrected chi connectivity index (χ2v) is 23.9. The van der Waals surface area contributed by atoms with Crippen molar-refractivity contribution in [1.29, 1.82) is 0 Å². The van der Waals surface area contributed by atoms with Gasteiger partial charge in [-0.1, -0.05) is 353 Å². The highest BCUT2D eigenvalue weighted by atomic mass is 16.3. The van der Waals surface area contributed by atoms with Gasteiger partial charge in [0, 0.05) is 0 Å². The van der Waals surface area contributed by atoms with Crippen molar-refractivity contribution in [2.45, 2.75) is 404 Å². The quantitative estimate of drug-likeness (QED) is 0.0308. The fraction of sp³-hybridized carbons (Fsp3) is 0.928. The number of amides is 1. The first kappa shape index (κ1) is 73.8. The Labute approximate surface area is 469 Å². The fourth-order valence-electron chi connectivity index (χ4n) is 11.1. The molecule has 1 amide bonds. The number of carbonyl (C=O) groups is 1. The SMILES string of the molecule is CCCCCCCCCCCCCCCCCCCCCCC/C=C/CC/C=C/CCCC(O)C(O)C(CO)NC(=O)C(O)CCCCCCCCCCCCCCCCCCCCCCCCCCCCCCC. The summed E-state index contributed by atoms with van der Waals surface area (Å²) in [6.45, 7) is 4.10. The molecule has 4 unspecified atom stereocenters. The molecule has 0 rings (SSSR count). The van der Waals surface area contributed by atoms with E-state index in [-0.39, 0.29) is 0 Å². The highest BCUT2D eigenvalue weighted by Gasteiger charge is 2.28. The number of aliphatic hydroxyl groups is 4. The molecular weight excluding hydrogens is 923 g/mol. The molecule has 0 aromatic rings. The zero-order valence-electron chi connectivity index (χ0n) is 50.8. The lowest BCUT2D eigenvalue weighted by molar-refractivity contribution is -0.132. The monoisotopic (exact) mass is 1060 g/mol. The minimum absolute atomic E-state index is 0.365. The summed E-state index contributed by atoms with van der Waals surface area (Å²) in [5.41, 5.74) is 0. The molecule has 0 aromatic heterocycles. The van der Waals surface area contributed by atoms with Gasteiger partial charge in [0.15, 0.2) is 0 Å². The topological polar surface area (TPSA) is 110 Å². The minimum Gasteiger partial charge on any atom is -0.394 e. The lowest BCUT2D eigenvalue weighted by atomic mass is 10.00. The third kappa shape index (κ3) is 57.3. The van der Waals surface area contributed by atoms with Crippen molar-refractivity contribution in [1.82, 2.24) is 5.32 Å². The summed E-state index contributed by atoms with van der Waals surface area (Å²) < 4.78 is 0. The molecule has 0 spiro atoms. The number of aliphatic hydroxyl groups excluding tert-OH is 4. The van der Waals surface area contributed by atoms with Gasteiger partial charge in [-0.15, -0.1) is 0 Å². The van der Waals surface area contributed by atoms with Crippen molar-refractivity contribution in [2.24, 2.45) is 0 Å². The summed E-state index contributed by atoms with van der Waals surface area (Å²) in [4.78, 5) is 12.6. The highest BCUT2D eigenvalue weighted by molar-refractivity contribution is 5.80. The van der Waals surface area contributed by atoms with Gasteiger partial charge in [0.25, 0.3) is 0 Å². The summed E-state index contributed by atoms with van der Waals surface area (Å²) in [6, 6.07) is -1.01. The molecule has 0 radical (unpaired) electrons. The first-order valence-electron chi connectivity index (χ1n) is 34.2. The van der Waals surface area contributed by atoms with Gasteiger partial charge in [-0.25, -0.2) is 0 Å². The van der Waals surface area contributed by atoms with Crippen LogP contribution in [0.1, 0.15) is 380 Å². The molecule has 5 N–H and O–H groups in total. The van der Waals surface area contributed by atoms with Gasteiger partial charge < -0.3 is 25.7 Å². The number of hydrogen-bond acceptors (Lipinski definition) is 5. The summed E-state index contributed by atoms with van der Waals surface area (Å²) >= 11 is 0. The summed E-state index contributed by atoms with van der Waals surface area (Å²) in [6.07, 6.45) is 80.2. The Morgan fingerprint density at radius 1 is 0.320 bits per heavy atom. The maximum Gasteiger partial charge on any atom is 0.249 e. The summed E-state index contributed by atoms with van der Waals surface area (Å²) in [7, 11) is 0. The zero-order chi connectivity index (χ0) is 54.4. The van der Waals surface area contributed by atoms with Crippen LogP contribution in [0.5, 0.6) is 0 Å². The molecule has 4 atom stereocenters. The molecule has 0 fully saturated rings. The van der Waals surface area contributed by atoms with E-state index in [1.54, 1.807) is 0 Å². The molecule has 0 bridgehead atoms. The number of nitrogens with one attached hydrogen (secondary N) is 1. The normalized spacial score (nSPS) is 13.6. The number of allylic oxidation sites excluding steroid dienone is 4. The Morgan fingerprint density at radius 3 is 0.840 bits per heavy atom. The van der Waals surface area contributed by atoms with Gasteiger partial charge in [0.05, 0.1) is 18.8 Å². The molecule has 0 aliphatic carbocycles. The third-order valence-electron chi connectivity index (χ3n) is 16.4. The minimum atomic E-state index is -1.29. The lowest BCUT2D eigenvalue weighted by Gasteiger charge is -2.27. The number of hydrogen-bond donors (Lipinski definition) is 5. The van der Waals surface area contributed by atoms with Gasteiger partial charge >= 0.3 is 0 Å². The van der Waals surface area contributed by atoms with Crippen molar-refractivity contribution in [2.75, 3.05) is 6.61 Å². The standard InChI is InChI=1S/C69H135NO5/c1-3-5-7-9-11-13-15-17-19-21-23-25-27-29-31-33-35-36-38-40-42-44-46-48-50-52-54-56-58-60-62-66(72)68(74)65(64-71)70-69(75)67(73)63-61-59-57-55-53-51-49-47-45-43-41-39-37-34-32-30-28-26-24-22-20-18-16-14-12-10-8-6-4-2/h46,48,54,56,65-68,71-74H,3-45,47,49-53,55,57-64H2,1-2H3,(H,70,75)/b48-46+,56-54+. The molecule has 0 aliphatic rings. The van der Waals surface area contributed by atoms with Crippen molar-refractivity contribution in [3.8, 4) is 0 Å². The lowest BCUT2D eigenvalue weighted by Crippen LogP contribution is -2.53. The smallest absolute Gasteiger partial charge is 0.249 e. The molecule has 0 saturated carbocycles. The van der Waals surface area contributed by atoms with Crippen LogP contribution >= 0.6 is 0 Å². The van der Waals surface area contributed by atoms with Crippen molar-refractivity contribution >= 4 is 5.91 Å². The number of rotatable bonds is 64. The Kier molecular flexibility index (Phi) is 62.6. The van der Waals surface area contributed by atoms with Crippen LogP contribution in [0, 0.1) is 0 Å². The van der Waals surface area contributed by atoms with Gasteiger partial charge in [0.1, 0.15) is 12.2 Å². The zero-order valence-corrected chi connectivity index (χ0v) is 50.8. The van der Waals surface area contributed by atoms with Crippen molar-refractivity contribution in [3.05, 3.63) is 24.3 Å². The molecule has 446 valence electrons. The second kappa shape index (κ2) is 63.6. The van der Waals surface area contributed by atoms with Crippen LogP contribution in [0.3, 0.4) is 0 Å².